The Morgan fingerprint density at radius 2 is 1.96 bits per heavy atom. The van der Waals surface area contributed by atoms with E-state index >= 15 is 0 Å². The number of ether oxygens (including phenoxy) is 1. The van der Waals surface area contributed by atoms with Crippen LogP contribution in [0.25, 0.3) is 6.08 Å². The van der Waals surface area contributed by atoms with Crippen molar-refractivity contribution >= 4 is 23.9 Å². The Balaban J connectivity index is 1.94. The molecule has 1 aromatic carbocycles. The van der Waals surface area contributed by atoms with Crippen LogP contribution in [0, 0.1) is 5.92 Å². The molecule has 0 spiro atoms. The Morgan fingerprint density at radius 3 is 2.61 bits per heavy atom. The predicted octanol–water partition coefficient (Wildman–Crippen LogP) is 5.49. The zero-order valence-corrected chi connectivity index (χ0v) is 18.0. The van der Waals surface area contributed by atoms with Gasteiger partial charge in [0.2, 0.25) is 5.89 Å². The van der Waals surface area contributed by atoms with Crippen LogP contribution in [0.5, 0.6) is 0 Å². The molecule has 28 heavy (non-hydrogen) atoms. The van der Waals surface area contributed by atoms with Crippen LogP contribution in [0.1, 0.15) is 58.5 Å². The molecular formula is C21H29N3O3S. The van der Waals surface area contributed by atoms with Crippen molar-refractivity contribution in [2.75, 3.05) is 5.75 Å². The van der Waals surface area contributed by atoms with Gasteiger partial charge in [-0.05, 0) is 38.7 Å². The number of hydrogen-bond donors (Lipinski definition) is 1. The summed E-state index contributed by atoms with van der Waals surface area (Å²) < 4.78 is 11.1. The molecule has 0 saturated heterocycles. The number of hydrogen-bond acceptors (Lipinski definition) is 6. The number of carbonyl (C=O) groups excluding carboxylic acids is 1. The van der Waals surface area contributed by atoms with Gasteiger partial charge in [0, 0.05) is 5.75 Å². The Hall–Kier alpha value is -2.28. The maximum atomic E-state index is 12.1. The van der Waals surface area contributed by atoms with E-state index in [1.54, 1.807) is 0 Å². The van der Waals surface area contributed by atoms with E-state index in [2.05, 4.69) is 41.5 Å². The largest absolute Gasteiger partial charge is 0.444 e. The fraction of sp³-hybridized carbons (Fsp3) is 0.476. The van der Waals surface area contributed by atoms with E-state index in [1.165, 1.54) is 11.8 Å². The van der Waals surface area contributed by atoms with Crippen LogP contribution in [0.15, 0.2) is 46.0 Å². The van der Waals surface area contributed by atoms with E-state index in [0.717, 1.165) is 5.56 Å². The summed E-state index contributed by atoms with van der Waals surface area (Å²) in [6.45, 7) is 9.63. The molecule has 6 nitrogen and oxygen atoms in total. The van der Waals surface area contributed by atoms with Gasteiger partial charge in [-0.25, -0.2) is 4.79 Å². The van der Waals surface area contributed by atoms with E-state index in [4.69, 9.17) is 9.15 Å². The second kappa shape index (κ2) is 10.3. The lowest BCUT2D eigenvalue weighted by atomic mass is 10.0. The van der Waals surface area contributed by atoms with Crippen molar-refractivity contribution in [2.24, 2.45) is 5.92 Å². The molecule has 1 atom stereocenters. The minimum Gasteiger partial charge on any atom is -0.444 e. The van der Waals surface area contributed by atoms with Crippen molar-refractivity contribution in [1.29, 1.82) is 0 Å². The summed E-state index contributed by atoms with van der Waals surface area (Å²) in [7, 11) is 0. The summed E-state index contributed by atoms with van der Waals surface area (Å²) in [5, 5.41) is 11.5. The molecule has 0 saturated carbocycles. The minimum atomic E-state index is -0.562. The standard InChI is InChI=1S/C21H29N3O3S/c1-15(2)14-17(22-19(25)27-21(3,4)5)18-23-24-20(26-18)28-13-9-12-16-10-7-6-8-11-16/h6-12,15,17H,13-14H2,1-5H3,(H,22,25)/t17-/m0/s1. The molecule has 1 heterocycles. The first kappa shape index (κ1) is 22.0. The highest BCUT2D eigenvalue weighted by Crippen LogP contribution is 2.24. The number of nitrogens with one attached hydrogen (secondary N) is 1. The first-order valence-corrected chi connectivity index (χ1v) is 10.4. The number of alkyl carbamates (subject to hydrolysis) is 1. The van der Waals surface area contributed by atoms with E-state index in [1.807, 2.05) is 51.1 Å². The Kier molecular flexibility index (Phi) is 8.11. The van der Waals surface area contributed by atoms with E-state index < -0.39 is 11.7 Å². The molecule has 7 heteroatoms. The van der Waals surface area contributed by atoms with E-state index in [9.17, 15) is 4.79 Å². The van der Waals surface area contributed by atoms with Crippen molar-refractivity contribution in [3.63, 3.8) is 0 Å². The highest BCUT2D eigenvalue weighted by molar-refractivity contribution is 7.99. The minimum absolute atomic E-state index is 0.344. The van der Waals surface area contributed by atoms with Gasteiger partial charge in [-0.1, -0.05) is 68.1 Å². The van der Waals surface area contributed by atoms with Gasteiger partial charge in [0.15, 0.2) is 0 Å². The van der Waals surface area contributed by atoms with Crippen molar-refractivity contribution in [3.05, 3.63) is 47.9 Å². The molecule has 0 bridgehead atoms. The summed E-state index contributed by atoms with van der Waals surface area (Å²) in [5.74, 6) is 1.45. The quantitative estimate of drug-likeness (QED) is 0.588. The maximum Gasteiger partial charge on any atom is 0.408 e. The SMILES string of the molecule is CC(C)C[C@H](NC(=O)OC(C)(C)C)c1nnc(SCC=Cc2ccccc2)o1. The van der Waals surface area contributed by atoms with Crippen LogP contribution in [0.3, 0.4) is 0 Å². The molecule has 0 aliphatic carbocycles. The third-order valence-corrected chi connectivity index (χ3v) is 4.30. The Morgan fingerprint density at radius 1 is 1.25 bits per heavy atom. The zero-order chi connectivity index (χ0) is 20.6. The van der Waals surface area contributed by atoms with Crippen LogP contribution in [0.2, 0.25) is 0 Å². The smallest absolute Gasteiger partial charge is 0.408 e. The number of thioether (sulfide) groups is 1. The molecule has 0 fully saturated rings. The molecule has 1 N–H and O–H groups in total. The second-order valence-corrected chi connectivity index (χ2v) is 8.83. The monoisotopic (exact) mass is 403 g/mol. The third kappa shape index (κ3) is 8.17. The van der Waals surface area contributed by atoms with Crippen molar-refractivity contribution in [1.82, 2.24) is 15.5 Å². The summed E-state index contributed by atoms with van der Waals surface area (Å²) in [6.07, 6.45) is 4.29. The highest BCUT2D eigenvalue weighted by atomic mass is 32.2. The van der Waals surface area contributed by atoms with Crippen molar-refractivity contribution in [3.8, 4) is 0 Å². The van der Waals surface area contributed by atoms with E-state index in [0.29, 0.717) is 29.2 Å². The van der Waals surface area contributed by atoms with Crippen LogP contribution >= 0.6 is 11.8 Å². The van der Waals surface area contributed by atoms with Gasteiger partial charge in [-0.3, -0.25) is 0 Å². The molecule has 0 aliphatic heterocycles. The average molecular weight is 404 g/mol. The molecule has 1 amide bonds. The molecule has 0 radical (unpaired) electrons. The van der Waals surface area contributed by atoms with Crippen LogP contribution in [-0.4, -0.2) is 27.6 Å². The zero-order valence-electron chi connectivity index (χ0n) is 17.1. The second-order valence-electron chi connectivity index (χ2n) is 7.86. The van der Waals surface area contributed by atoms with Crippen molar-refractivity contribution in [2.45, 2.75) is 57.9 Å². The number of amides is 1. The lowest BCUT2D eigenvalue weighted by Gasteiger charge is -2.22. The van der Waals surface area contributed by atoms with Gasteiger partial charge in [0.25, 0.3) is 5.22 Å². The van der Waals surface area contributed by atoms with Crippen LogP contribution in [-0.2, 0) is 4.74 Å². The molecule has 2 rings (SSSR count). The number of carbonyl (C=O) groups is 1. The number of benzene rings is 1. The van der Waals surface area contributed by atoms with Crippen LogP contribution in [0.4, 0.5) is 4.79 Å². The normalized spacial score (nSPS) is 13.1. The fourth-order valence-electron chi connectivity index (χ4n) is 2.43. The third-order valence-electron chi connectivity index (χ3n) is 3.53. The predicted molar refractivity (Wildman–Crippen MR) is 112 cm³/mol. The lowest BCUT2D eigenvalue weighted by Crippen LogP contribution is -2.35. The first-order valence-electron chi connectivity index (χ1n) is 9.40. The number of nitrogens with zero attached hydrogens (tertiary/aromatic N) is 2. The first-order chi connectivity index (χ1) is 13.2. The fourth-order valence-corrected chi connectivity index (χ4v) is 3.01. The maximum absolute atomic E-state index is 12.1. The Bertz CT molecular complexity index is 767. The van der Waals surface area contributed by atoms with Gasteiger partial charge in [-0.15, -0.1) is 10.2 Å². The summed E-state index contributed by atoms with van der Waals surface area (Å²) in [5.41, 5.74) is 0.584. The topological polar surface area (TPSA) is 77.2 Å². The van der Waals surface area contributed by atoms with Gasteiger partial charge in [0.1, 0.15) is 11.6 Å². The summed E-state index contributed by atoms with van der Waals surface area (Å²) in [6, 6.07) is 9.71. The van der Waals surface area contributed by atoms with Gasteiger partial charge < -0.3 is 14.5 Å². The number of aromatic nitrogens is 2. The number of rotatable bonds is 8. The highest BCUT2D eigenvalue weighted by Gasteiger charge is 2.25. The molecule has 1 aromatic heterocycles. The molecule has 152 valence electrons. The lowest BCUT2D eigenvalue weighted by molar-refractivity contribution is 0.0487. The molecule has 2 aromatic rings. The molecule has 0 aliphatic rings. The van der Waals surface area contributed by atoms with Gasteiger partial charge in [0.05, 0.1) is 0 Å². The van der Waals surface area contributed by atoms with E-state index in [-0.39, 0.29) is 6.04 Å². The van der Waals surface area contributed by atoms with Crippen molar-refractivity contribution < 1.29 is 13.9 Å². The Labute approximate surface area is 171 Å². The van der Waals surface area contributed by atoms with Crippen LogP contribution < -0.4 is 5.32 Å². The molecular weight excluding hydrogens is 374 g/mol. The van der Waals surface area contributed by atoms with Gasteiger partial charge in [-0.2, -0.15) is 0 Å². The summed E-state index contributed by atoms with van der Waals surface area (Å²) in [4.78, 5) is 12.1. The van der Waals surface area contributed by atoms with Gasteiger partial charge >= 0.3 is 6.09 Å². The summed E-state index contributed by atoms with van der Waals surface area (Å²) >= 11 is 1.45. The average Bonchev–Trinajstić information content (AvgIpc) is 3.06. The molecule has 0 unspecified atom stereocenters.